The lowest BCUT2D eigenvalue weighted by Gasteiger charge is -2.16. The van der Waals surface area contributed by atoms with Crippen LogP contribution in [0.1, 0.15) is 39.9 Å². The molecule has 118 valence electrons. The number of fused-ring (bicyclic) bond motifs is 2. The van der Waals surface area contributed by atoms with Crippen molar-refractivity contribution in [1.29, 1.82) is 0 Å². The second-order valence-electron chi connectivity index (χ2n) is 5.52. The van der Waals surface area contributed by atoms with Crippen LogP contribution < -0.4 is 5.32 Å². The molecule has 0 aliphatic heterocycles. The molecule has 0 saturated heterocycles. The maximum Gasteiger partial charge on any atom is 0.411 e. The van der Waals surface area contributed by atoms with Crippen molar-refractivity contribution in [1.82, 2.24) is 0 Å². The molecule has 0 spiro atoms. The van der Waals surface area contributed by atoms with E-state index in [0.717, 1.165) is 36.8 Å². The van der Waals surface area contributed by atoms with E-state index in [4.69, 9.17) is 39.5 Å². The van der Waals surface area contributed by atoms with Gasteiger partial charge >= 0.3 is 6.09 Å². The van der Waals surface area contributed by atoms with Gasteiger partial charge in [-0.1, -0.05) is 40.9 Å². The van der Waals surface area contributed by atoms with Crippen LogP contribution in [0.15, 0.2) is 6.07 Å². The van der Waals surface area contributed by atoms with E-state index in [9.17, 15) is 9.59 Å². The number of anilines is 1. The van der Waals surface area contributed by atoms with Gasteiger partial charge in [-0.15, -0.1) is 0 Å². The van der Waals surface area contributed by atoms with Crippen LogP contribution >= 0.6 is 34.8 Å². The molecule has 0 atom stereocenters. The smallest absolute Gasteiger partial charge is 0.411 e. The summed E-state index contributed by atoms with van der Waals surface area (Å²) >= 11 is 16.7. The SMILES string of the molecule is O=C(Nc1c2c(cc3c1C(=O)CC3)CCC2)OCC(Cl)(Cl)Cl. The lowest BCUT2D eigenvalue weighted by atomic mass is 9.98. The average molecular weight is 363 g/mol. The van der Waals surface area contributed by atoms with Crippen molar-refractivity contribution >= 4 is 52.4 Å². The van der Waals surface area contributed by atoms with E-state index in [-0.39, 0.29) is 12.4 Å². The van der Waals surface area contributed by atoms with Crippen molar-refractivity contribution in [2.24, 2.45) is 0 Å². The number of rotatable bonds is 2. The lowest BCUT2D eigenvalue weighted by Crippen LogP contribution is -2.22. The first kappa shape index (κ1) is 15.9. The molecular weight excluding hydrogens is 349 g/mol. The number of halogens is 3. The number of amides is 1. The summed E-state index contributed by atoms with van der Waals surface area (Å²) < 4.78 is 3.25. The van der Waals surface area contributed by atoms with Gasteiger partial charge in [0, 0.05) is 12.0 Å². The molecule has 0 heterocycles. The number of nitrogens with one attached hydrogen (secondary N) is 1. The highest BCUT2D eigenvalue weighted by molar-refractivity contribution is 6.67. The van der Waals surface area contributed by atoms with Crippen molar-refractivity contribution in [3.05, 3.63) is 28.3 Å². The molecule has 0 aromatic heterocycles. The first-order chi connectivity index (χ1) is 10.3. The second kappa shape index (κ2) is 5.91. The fourth-order valence-electron chi connectivity index (χ4n) is 3.12. The van der Waals surface area contributed by atoms with Gasteiger partial charge in [-0.25, -0.2) is 4.79 Å². The normalized spacial score (nSPS) is 16.4. The summed E-state index contributed by atoms with van der Waals surface area (Å²) in [7, 11) is 0. The zero-order valence-electron chi connectivity index (χ0n) is 11.7. The van der Waals surface area contributed by atoms with Crippen LogP contribution in [-0.2, 0) is 24.0 Å². The lowest BCUT2D eigenvalue weighted by molar-refractivity contribution is 0.0995. The van der Waals surface area contributed by atoms with E-state index in [1.807, 2.05) is 0 Å². The molecule has 4 nitrogen and oxygen atoms in total. The Bertz CT molecular complexity index is 652. The highest BCUT2D eigenvalue weighted by Crippen LogP contribution is 2.38. The summed E-state index contributed by atoms with van der Waals surface area (Å²) in [5.41, 5.74) is 4.43. The van der Waals surface area contributed by atoms with Crippen LogP contribution in [0.25, 0.3) is 0 Å². The number of aryl methyl sites for hydroxylation is 2. The molecule has 1 aromatic rings. The van der Waals surface area contributed by atoms with Crippen molar-refractivity contribution < 1.29 is 14.3 Å². The molecule has 0 radical (unpaired) electrons. The summed E-state index contributed by atoms with van der Waals surface area (Å²) in [5.74, 6) is 0.0568. The zero-order valence-corrected chi connectivity index (χ0v) is 13.9. The molecule has 1 aromatic carbocycles. The van der Waals surface area contributed by atoms with E-state index in [2.05, 4.69) is 11.4 Å². The predicted molar refractivity (Wildman–Crippen MR) is 86.4 cm³/mol. The Morgan fingerprint density at radius 3 is 2.68 bits per heavy atom. The Labute approximate surface area is 143 Å². The summed E-state index contributed by atoms with van der Waals surface area (Å²) in [6.45, 7) is -0.353. The van der Waals surface area contributed by atoms with E-state index in [1.54, 1.807) is 0 Å². The number of carbonyl (C=O) groups is 2. The van der Waals surface area contributed by atoms with Crippen molar-refractivity contribution in [2.75, 3.05) is 11.9 Å². The van der Waals surface area contributed by atoms with Gasteiger partial charge in [-0.3, -0.25) is 10.1 Å². The molecule has 0 saturated carbocycles. The minimum absolute atomic E-state index is 0.0568. The number of ketones is 1. The molecule has 2 aliphatic carbocycles. The van der Waals surface area contributed by atoms with Crippen LogP contribution in [-0.4, -0.2) is 22.3 Å². The maximum atomic E-state index is 12.1. The highest BCUT2D eigenvalue weighted by atomic mass is 35.6. The zero-order chi connectivity index (χ0) is 15.9. The van der Waals surface area contributed by atoms with Crippen LogP contribution in [0.4, 0.5) is 10.5 Å². The predicted octanol–water partition coefficient (Wildman–Crippen LogP) is 4.22. The van der Waals surface area contributed by atoms with Crippen LogP contribution in [0, 0.1) is 0 Å². The number of Topliss-reactive ketones (excluding diaryl/α,β-unsaturated/α-hetero) is 1. The van der Waals surface area contributed by atoms with Crippen LogP contribution in [0.2, 0.25) is 0 Å². The Morgan fingerprint density at radius 2 is 1.95 bits per heavy atom. The molecular formula is C15H14Cl3NO3. The fraction of sp³-hybridized carbons (Fsp3) is 0.467. The minimum Gasteiger partial charge on any atom is -0.445 e. The van der Waals surface area contributed by atoms with Gasteiger partial charge < -0.3 is 4.74 Å². The Morgan fingerprint density at radius 1 is 1.18 bits per heavy atom. The molecule has 0 unspecified atom stereocenters. The van der Waals surface area contributed by atoms with Gasteiger partial charge in [0.05, 0.1) is 5.69 Å². The Balaban J connectivity index is 1.87. The molecule has 7 heteroatoms. The average Bonchev–Trinajstić information content (AvgIpc) is 3.03. The van der Waals surface area contributed by atoms with Crippen molar-refractivity contribution in [2.45, 2.75) is 35.9 Å². The minimum atomic E-state index is -1.66. The van der Waals surface area contributed by atoms with Gasteiger partial charge in [-0.2, -0.15) is 0 Å². The molecule has 2 aliphatic rings. The van der Waals surface area contributed by atoms with Crippen molar-refractivity contribution in [3.8, 4) is 0 Å². The maximum absolute atomic E-state index is 12.1. The third-order valence-corrected chi connectivity index (χ3v) is 4.30. The van der Waals surface area contributed by atoms with Gasteiger partial charge in [0.2, 0.25) is 3.79 Å². The summed E-state index contributed by atoms with van der Waals surface area (Å²) in [6.07, 6.45) is 3.32. The second-order valence-corrected chi connectivity index (χ2v) is 8.03. The number of benzene rings is 1. The number of hydrogen-bond donors (Lipinski definition) is 1. The largest absolute Gasteiger partial charge is 0.445 e. The fourth-order valence-corrected chi connectivity index (χ4v) is 3.28. The third-order valence-electron chi connectivity index (χ3n) is 3.98. The van der Waals surface area contributed by atoms with Crippen LogP contribution in [0.3, 0.4) is 0 Å². The summed E-state index contributed by atoms with van der Waals surface area (Å²) in [5, 5.41) is 2.69. The molecule has 0 fully saturated rings. The van der Waals surface area contributed by atoms with Crippen molar-refractivity contribution in [3.63, 3.8) is 0 Å². The van der Waals surface area contributed by atoms with Gasteiger partial charge in [0.25, 0.3) is 0 Å². The van der Waals surface area contributed by atoms with E-state index in [1.165, 1.54) is 5.56 Å². The summed E-state index contributed by atoms with van der Waals surface area (Å²) in [6, 6.07) is 2.10. The van der Waals surface area contributed by atoms with Gasteiger partial charge in [0.15, 0.2) is 5.78 Å². The number of carbonyl (C=O) groups excluding carboxylic acids is 2. The first-order valence-corrected chi connectivity index (χ1v) is 8.20. The molecule has 1 amide bonds. The molecule has 22 heavy (non-hydrogen) atoms. The van der Waals surface area contributed by atoms with Gasteiger partial charge in [0.1, 0.15) is 6.61 Å². The van der Waals surface area contributed by atoms with Gasteiger partial charge in [-0.05, 0) is 42.4 Å². The molecule has 3 rings (SSSR count). The summed E-state index contributed by atoms with van der Waals surface area (Å²) in [4.78, 5) is 24.1. The van der Waals surface area contributed by atoms with E-state index in [0.29, 0.717) is 17.7 Å². The topological polar surface area (TPSA) is 55.4 Å². The molecule has 0 bridgehead atoms. The van der Waals surface area contributed by atoms with E-state index < -0.39 is 9.89 Å². The standard InChI is InChI=1S/C15H14Cl3NO3/c16-15(17,18)7-22-14(21)19-13-10-3-1-2-8(10)6-9-4-5-11(20)12(9)13/h6H,1-5,7H2,(H,19,21). The first-order valence-electron chi connectivity index (χ1n) is 7.06. The Kier molecular flexibility index (Phi) is 4.27. The third kappa shape index (κ3) is 3.19. The van der Waals surface area contributed by atoms with Crippen LogP contribution in [0.5, 0.6) is 0 Å². The highest BCUT2D eigenvalue weighted by Gasteiger charge is 2.30. The Hall–Kier alpha value is -0.970. The molecule has 1 N–H and O–H groups in total. The quantitative estimate of drug-likeness (QED) is 0.801. The number of alkyl halides is 3. The number of ether oxygens (including phenoxy) is 1. The number of hydrogen-bond acceptors (Lipinski definition) is 3. The van der Waals surface area contributed by atoms with E-state index >= 15 is 0 Å². The monoisotopic (exact) mass is 361 g/mol.